The molecule has 1 saturated heterocycles. The number of amides is 2. The minimum atomic E-state index is -0.242. The lowest BCUT2D eigenvalue weighted by atomic mass is 10.2. The summed E-state index contributed by atoms with van der Waals surface area (Å²) in [5.74, 6) is 0.551. The first-order chi connectivity index (χ1) is 16.9. The molecule has 0 N–H and O–H groups in total. The highest BCUT2D eigenvalue weighted by atomic mass is 79.9. The van der Waals surface area contributed by atoms with Crippen molar-refractivity contribution in [2.75, 3.05) is 20.3 Å². The molecule has 0 spiro atoms. The van der Waals surface area contributed by atoms with Gasteiger partial charge in [-0.2, -0.15) is 0 Å². The minimum absolute atomic E-state index is 0.232. The van der Waals surface area contributed by atoms with Gasteiger partial charge in [0.1, 0.15) is 12.4 Å². The maximum Gasteiger partial charge on any atom is 0.293 e. The van der Waals surface area contributed by atoms with Crippen molar-refractivity contribution in [3.05, 3.63) is 86.5 Å². The average molecular weight is 555 g/mol. The molecule has 182 valence electrons. The van der Waals surface area contributed by atoms with Gasteiger partial charge >= 0.3 is 0 Å². The van der Waals surface area contributed by atoms with E-state index in [0.29, 0.717) is 31.1 Å². The Morgan fingerprint density at radius 3 is 2.43 bits per heavy atom. The van der Waals surface area contributed by atoms with E-state index in [0.717, 1.165) is 50.2 Å². The van der Waals surface area contributed by atoms with E-state index in [1.165, 1.54) is 4.90 Å². The van der Waals surface area contributed by atoms with Gasteiger partial charge in [-0.15, -0.1) is 0 Å². The van der Waals surface area contributed by atoms with Gasteiger partial charge in [-0.25, -0.2) is 0 Å². The van der Waals surface area contributed by atoms with Gasteiger partial charge in [-0.3, -0.25) is 14.5 Å². The van der Waals surface area contributed by atoms with Crippen LogP contribution >= 0.6 is 27.7 Å². The number of thioether (sulfide) groups is 1. The summed E-state index contributed by atoms with van der Waals surface area (Å²) < 4.78 is 14.1. The normalized spacial score (nSPS) is 14.9. The van der Waals surface area contributed by atoms with E-state index in [2.05, 4.69) is 20.5 Å². The molecule has 2 amide bonds. The van der Waals surface area contributed by atoms with E-state index in [1.807, 2.05) is 74.5 Å². The quantitative estimate of drug-likeness (QED) is 0.223. The molecule has 3 aromatic rings. The van der Waals surface area contributed by atoms with Crippen LogP contribution in [0.2, 0.25) is 0 Å². The van der Waals surface area contributed by atoms with Crippen LogP contribution in [0.1, 0.15) is 28.9 Å². The lowest BCUT2D eigenvalue weighted by molar-refractivity contribution is -0.122. The van der Waals surface area contributed by atoms with E-state index >= 15 is 0 Å². The Kier molecular flexibility index (Phi) is 8.15. The van der Waals surface area contributed by atoms with Crippen LogP contribution in [0.3, 0.4) is 0 Å². The predicted octanol–water partition coefficient (Wildman–Crippen LogP) is 6.51. The zero-order valence-corrected chi connectivity index (χ0v) is 22.3. The Morgan fingerprint density at radius 2 is 1.74 bits per heavy atom. The fourth-order valence-corrected chi connectivity index (χ4v) is 5.09. The summed E-state index contributed by atoms with van der Waals surface area (Å²) in [4.78, 5) is 26.8. The Morgan fingerprint density at radius 1 is 1.03 bits per heavy atom. The van der Waals surface area contributed by atoms with Crippen LogP contribution in [0.25, 0.3) is 11.8 Å². The summed E-state index contributed by atoms with van der Waals surface area (Å²) in [6.07, 6.45) is 2.44. The van der Waals surface area contributed by atoms with E-state index < -0.39 is 0 Å². The first-order valence-electron chi connectivity index (χ1n) is 11.3. The Balaban J connectivity index is 1.48. The fourth-order valence-electron chi connectivity index (χ4n) is 3.97. The molecule has 4 rings (SSSR count). The number of rotatable bonds is 9. The molecule has 0 atom stereocenters. The summed E-state index contributed by atoms with van der Waals surface area (Å²) in [6.45, 7) is 5.41. The van der Waals surface area contributed by atoms with E-state index in [-0.39, 0.29) is 11.1 Å². The number of methoxy groups -OCH3 is 1. The van der Waals surface area contributed by atoms with Crippen LogP contribution in [0.4, 0.5) is 4.79 Å². The van der Waals surface area contributed by atoms with Crippen molar-refractivity contribution in [3.63, 3.8) is 0 Å². The molecule has 0 radical (unpaired) electrons. The smallest absolute Gasteiger partial charge is 0.293 e. The molecule has 0 unspecified atom stereocenters. The maximum atomic E-state index is 12.8. The summed E-state index contributed by atoms with van der Waals surface area (Å²) in [5.41, 5.74) is 5.06. The summed E-state index contributed by atoms with van der Waals surface area (Å²) in [6, 6.07) is 18.0. The number of imide groups is 1. The van der Waals surface area contributed by atoms with Crippen LogP contribution < -0.4 is 4.74 Å². The van der Waals surface area contributed by atoms with Crippen LogP contribution in [0.5, 0.6) is 5.75 Å². The zero-order chi connectivity index (χ0) is 24.9. The molecule has 0 bridgehead atoms. The maximum absolute atomic E-state index is 12.8. The van der Waals surface area contributed by atoms with Crippen molar-refractivity contribution < 1.29 is 19.1 Å². The molecule has 0 saturated carbocycles. The van der Waals surface area contributed by atoms with Crippen LogP contribution in [0.15, 0.2) is 64.0 Å². The van der Waals surface area contributed by atoms with E-state index in [4.69, 9.17) is 9.47 Å². The number of hydrogen-bond acceptors (Lipinski definition) is 5. The molecule has 1 aliphatic heterocycles. The number of halogens is 1. The van der Waals surface area contributed by atoms with E-state index in [9.17, 15) is 9.59 Å². The second kappa shape index (κ2) is 11.3. The number of benzene rings is 2. The van der Waals surface area contributed by atoms with Crippen molar-refractivity contribution in [2.45, 2.75) is 26.9 Å². The second-order valence-corrected chi connectivity index (χ2v) is 10.2. The predicted molar refractivity (Wildman–Crippen MR) is 143 cm³/mol. The highest BCUT2D eigenvalue weighted by Crippen LogP contribution is 2.34. The summed E-state index contributed by atoms with van der Waals surface area (Å²) in [5, 5.41) is -0.232. The highest BCUT2D eigenvalue weighted by Gasteiger charge is 2.34. The topological polar surface area (TPSA) is 60.8 Å². The van der Waals surface area contributed by atoms with Gasteiger partial charge in [0.05, 0.1) is 4.91 Å². The molecule has 2 heterocycles. The molecular weight excluding hydrogens is 528 g/mol. The Labute approximate surface area is 218 Å². The fraction of sp³-hybridized carbons (Fsp3) is 0.259. The van der Waals surface area contributed by atoms with Crippen LogP contribution in [0, 0.1) is 13.8 Å². The van der Waals surface area contributed by atoms with Crippen molar-refractivity contribution in [2.24, 2.45) is 0 Å². The third-order valence-electron chi connectivity index (χ3n) is 5.77. The SMILES string of the molecule is COCCCN1C(=O)S/C(=C/c2cc(C)n(-c3ccc(OCc4ccc(Br)cc4)cc3)c2C)C1=O. The number of carbonyl (C=O) groups is 2. The number of carbonyl (C=O) groups excluding carboxylic acids is 2. The standard InChI is InChI=1S/C27H27BrN2O4S/c1-18-15-21(16-25-26(31)29(27(32)35-25)13-4-14-33-3)19(2)30(18)23-9-11-24(12-10-23)34-17-20-5-7-22(28)8-6-20/h5-12,15-16H,4,13-14,17H2,1-3H3/b25-16+. The van der Waals surface area contributed by atoms with Gasteiger partial charge in [0.15, 0.2) is 0 Å². The number of ether oxygens (including phenoxy) is 2. The molecule has 1 aromatic heterocycles. The van der Waals surface area contributed by atoms with Crippen molar-refractivity contribution in [1.29, 1.82) is 0 Å². The van der Waals surface area contributed by atoms with Gasteiger partial charge < -0.3 is 14.0 Å². The lowest BCUT2D eigenvalue weighted by Crippen LogP contribution is -2.29. The second-order valence-electron chi connectivity index (χ2n) is 8.25. The Hall–Kier alpha value is -2.81. The number of nitrogens with zero attached hydrogens (tertiary/aromatic N) is 2. The largest absolute Gasteiger partial charge is 0.489 e. The molecule has 35 heavy (non-hydrogen) atoms. The Bertz CT molecular complexity index is 1250. The van der Waals surface area contributed by atoms with Gasteiger partial charge in [0, 0.05) is 41.8 Å². The van der Waals surface area contributed by atoms with Gasteiger partial charge in [-0.05, 0) is 91.7 Å². The first-order valence-corrected chi connectivity index (χ1v) is 12.9. The first kappa shape index (κ1) is 25.3. The average Bonchev–Trinajstić information content (AvgIpc) is 3.28. The number of hydrogen-bond donors (Lipinski definition) is 0. The van der Waals surface area contributed by atoms with Crippen molar-refractivity contribution >= 4 is 44.9 Å². The number of aryl methyl sites for hydroxylation is 1. The molecule has 1 aliphatic rings. The molecule has 8 heteroatoms. The molecule has 1 fully saturated rings. The molecular formula is C27H27BrN2O4S. The van der Waals surface area contributed by atoms with Crippen molar-refractivity contribution in [3.8, 4) is 11.4 Å². The van der Waals surface area contributed by atoms with E-state index in [1.54, 1.807) is 7.11 Å². The third kappa shape index (κ3) is 5.89. The third-order valence-corrected chi connectivity index (χ3v) is 7.21. The minimum Gasteiger partial charge on any atom is -0.489 e. The molecule has 2 aromatic carbocycles. The van der Waals surface area contributed by atoms with Crippen LogP contribution in [-0.2, 0) is 16.1 Å². The zero-order valence-electron chi connectivity index (χ0n) is 19.9. The monoisotopic (exact) mass is 554 g/mol. The lowest BCUT2D eigenvalue weighted by Gasteiger charge is -2.12. The highest BCUT2D eigenvalue weighted by molar-refractivity contribution is 9.10. The van der Waals surface area contributed by atoms with Gasteiger partial charge in [0.2, 0.25) is 0 Å². The van der Waals surface area contributed by atoms with Gasteiger partial charge in [-0.1, -0.05) is 28.1 Å². The van der Waals surface area contributed by atoms with Crippen LogP contribution in [-0.4, -0.2) is 40.9 Å². The molecule has 6 nitrogen and oxygen atoms in total. The van der Waals surface area contributed by atoms with Crippen molar-refractivity contribution in [1.82, 2.24) is 9.47 Å². The summed E-state index contributed by atoms with van der Waals surface area (Å²) >= 11 is 4.43. The van der Waals surface area contributed by atoms with Gasteiger partial charge in [0.25, 0.3) is 11.1 Å². The summed E-state index contributed by atoms with van der Waals surface area (Å²) in [7, 11) is 1.61. The molecule has 0 aliphatic carbocycles. The number of aromatic nitrogens is 1.